The standard InChI is InChI=1S/C30H33F4N7O2/c1-20-27(39-15-13-38(14-16-39)17-22-11-12-37(2)36-22)28(42)41(19-26(35)21-7-4-3-5-8-21)29(43)40(20)18-23-24(30(32,33)34)9-6-10-25(23)31/h3-12,26H,13-19,35H2,1-2H3/t26-/m0/s1. The number of halogens is 4. The van der Waals surface area contributed by atoms with Crippen molar-refractivity contribution in [2.75, 3.05) is 31.1 Å². The largest absolute Gasteiger partial charge is 0.416 e. The number of anilines is 1. The first-order valence-corrected chi connectivity index (χ1v) is 13.9. The Balaban J connectivity index is 1.55. The van der Waals surface area contributed by atoms with Crippen molar-refractivity contribution in [2.45, 2.75) is 38.8 Å². The molecule has 1 atom stereocenters. The third-order valence-corrected chi connectivity index (χ3v) is 7.85. The molecule has 2 aromatic heterocycles. The minimum Gasteiger partial charge on any atom is -0.363 e. The summed E-state index contributed by atoms with van der Waals surface area (Å²) in [5.74, 6) is -1.09. The lowest BCUT2D eigenvalue weighted by Gasteiger charge is -2.36. The fraction of sp³-hybridized carbons (Fsp3) is 0.367. The Morgan fingerprint density at radius 3 is 2.26 bits per heavy atom. The van der Waals surface area contributed by atoms with Crippen LogP contribution in [0.2, 0.25) is 0 Å². The van der Waals surface area contributed by atoms with E-state index < -0.39 is 47.0 Å². The third kappa shape index (κ3) is 6.42. The van der Waals surface area contributed by atoms with Crippen LogP contribution in [0.1, 0.15) is 34.1 Å². The summed E-state index contributed by atoms with van der Waals surface area (Å²) in [6.45, 7) is 3.24. The first-order chi connectivity index (χ1) is 20.4. The maximum atomic E-state index is 14.9. The van der Waals surface area contributed by atoms with Gasteiger partial charge in [0.1, 0.15) is 11.5 Å². The summed E-state index contributed by atoms with van der Waals surface area (Å²) in [5, 5.41) is 4.41. The number of hydrogen-bond donors (Lipinski definition) is 1. The van der Waals surface area contributed by atoms with Gasteiger partial charge in [-0.3, -0.25) is 23.5 Å². The molecule has 0 aliphatic carbocycles. The SMILES string of the molecule is Cc1c(N2CCN(Cc3ccn(C)n3)CC2)c(=O)n(C[C@H](N)c2ccccc2)c(=O)n1Cc1c(F)cccc1C(F)(F)F. The zero-order chi connectivity index (χ0) is 30.9. The van der Waals surface area contributed by atoms with Gasteiger partial charge in [0.15, 0.2) is 0 Å². The van der Waals surface area contributed by atoms with Crippen molar-refractivity contribution in [3.8, 4) is 0 Å². The molecule has 1 aliphatic heterocycles. The van der Waals surface area contributed by atoms with E-state index in [4.69, 9.17) is 5.73 Å². The summed E-state index contributed by atoms with van der Waals surface area (Å²) in [4.78, 5) is 31.7. The molecule has 0 radical (unpaired) electrons. The van der Waals surface area contributed by atoms with Crippen LogP contribution >= 0.6 is 0 Å². The van der Waals surface area contributed by atoms with Crippen molar-refractivity contribution in [3.05, 3.63) is 116 Å². The molecule has 228 valence electrons. The van der Waals surface area contributed by atoms with Crippen molar-refractivity contribution < 1.29 is 17.6 Å². The smallest absolute Gasteiger partial charge is 0.363 e. The van der Waals surface area contributed by atoms with Crippen LogP contribution in [0.15, 0.2) is 70.4 Å². The molecule has 1 aliphatic rings. The molecule has 9 nitrogen and oxygen atoms in total. The van der Waals surface area contributed by atoms with E-state index >= 15 is 0 Å². The molecule has 0 saturated carbocycles. The zero-order valence-electron chi connectivity index (χ0n) is 23.9. The molecular weight excluding hydrogens is 566 g/mol. The van der Waals surface area contributed by atoms with Gasteiger partial charge in [-0.05, 0) is 30.7 Å². The van der Waals surface area contributed by atoms with Crippen LogP contribution in [0.5, 0.6) is 0 Å². The van der Waals surface area contributed by atoms with E-state index in [0.717, 1.165) is 33.0 Å². The Bertz CT molecular complexity index is 1700. The summed E-state index contributed by atoms with van der Waals surface area (Å²) in [6.07, 6.45) is -2.98. The predicted molar refractivity (Wildman–Crippen MR) is 154 cm³/mol. The van der Waals surface area contributed by atoms with Gasteiger partial charge in [-0.15, -0.1) is 0 Å². The maximum absolute atomic E-state index is 14.9. The van der Waals surface area contributed by atoms with Crippen molar-refractivity contribution in [2.24, 2.45) is 12.8 Å². The maximum Gasteiger partial charge on any atom is 0.416 e. The lowest BCUT2D eigenvalue weighted by atomic mass is 10.1. The molecule has 2 N–H and O–H groups in total. The average molecular weight is 600 g/mol. The molecule has 0 amide bonds. The predicted octanol–water partition coefficient (Wildman–Crippen LogP) is 3.28. The molecule has 0 bridgehead atoms. The van der Waals surface area contributed by atoms with Gasteiger partial charge in [0.2, 0.25) is 0 Å². The van der Waals surface area contributed by atoms with Gasteiger partial charge >= 0.3 is 11.9 Å². The molecule has 5 rings (SSSR count). The van der Waals surface area contributed by atoms with Gasteiger partial charge in [0.05, 0.1) is 24.3 Å². The topological polar surface area (TPSA) is 94.3 Å². The van der Waals surface area contributed by atoms with Crippen LogP contribution in [-0.2, 0) is 32.9 Å². The Morgan fingerprint density at radius 2 is 1.63 bits per heavy atom. The Hall–Kier alpha value is -4.23. The zero-order valence-corrected chi connectivity index (χ0v) is 23.9. The summed E-state index contributed by atoms with van der Waals surface area (Å²) in [7, 11) is 1.84. The highest BCUT2D eigenvalue weighted by Crippen LogP contribution is 2.33. The number of aromatic nitrogens is 4. The van der Waals surface area contributed by atoms with Gasteiger partial charge in [0, 0.05) is 63.3 Å². The second kappa shape index (κ2) is 12.2. The Labute approximate surface area is 245 Å². The van der Waals surface area contributed by atoms with Crippen molar-refractivity contribution >= 4 is 5.69 Å². The number of alkyl halides is 3. The molecule has 0 unspecified atom stereocenters. The molecule has 1 fully saturated rings. The summed E-state index contributed by atoms with van der Waals surface area (Å²) in [5.41, 5.74) is 5.01. The lowest BCUT2D eigenvalue weighted by Crippen LogP contribution is -2.51. The van der Waals surface area contributed by atoms with Crippen LogP contribution < -0.4 is 21.9 Å². The fourth-order valence-electron chi connectivity index (χ4n) is 5.55. The summed E-state index contributed by atoms with van der Waals surface area (Å²) >= 11 is 0. The molecule has 43 heavy (non-hydrogen) atoms. The highest BCUT2D eigenvalue weighted by Gasteiger charge is 2.35. The monoisotopic (exact) mass is 599 g/mol. The van der Waals surface area contributed by atoms with Gasteiger partial charge < -0.3 is 10.6 Å². The molecule has 1 saturated heterocycles. The van der Waals surface area contributed by atoms with Crippen LogP contribution in [0.3, 0.4) is 0 Å². The van der Waals surface area contributed by atoms with E-state index in [-0.39, 0.29) is 17.9 Å². The van der Waals surface area contributed by atoms with Crippen molar-refractivity contribution in [1.82, 2.24) is 23.8 Å². The number of aryl methyl sites for hydroxylation is 1. The number of benzene rings is 2. The minimum absolute atomic E-state index is 0.161. The number of piperazine rings is 1. The highest BCUT2D eigenvalue weighted by atomic mass is 19.4. The fourth-order valence-corrected chi connectivity index (χ4v) is 5.55. The lowest BCUT2D eigenvalue weighted by molar-refractivity contribution is -0.138. The first-order valence-electron chi connectivity index (χ1n) is 13.9. The van der Waals surface area contributed by atoms with Crippen LogP contribution in [0.25, 0.3) is 0 Å². The Kier molecular flexibility index (Phi) is 8.56. The van der Waals surface area contributed by atoms with Gasteiger partial charge in [-0.25, -0.2) is 9.18 Å². The number of nitrogens with two attached hydrogens (primary N) is 1. The van der Waals surface area contributed by atoms with Crippen molar-refractivity contribution in [3.63, 3.8) is 0 Å². The van der Waals surface area contributed by atoms with Crippen LogP contribution in [-0.4, -0.2) is 50.0 Å². The number of rotatable bonds is 8. The van der Waals surface area contributed by atoms with E-state index in [1.54, 1.807) is 35.0 Å². The molecule has 2 aromatic carbocycles. The molecular formula is C30H33F4N7O2. The Morgan fingerprint density at radius 1 is 0.930 bits per heavy atom. The summed E-state index contributed by atoms with van der Waals surface area (Å²) < 4.78 is 60.2. The normalized spacial score (nSPS) is 15.2. The van der Waals surface area contributed by atoms with Crippen molar-refractivity contribution in [1.29, 1.82) is 0 Å². The van der Waals surface area contributed by atoms with Crippen LogP contribution in [0.4, 0.5) is 23.2 Å². The second-order valence-electron chi connectivity index (χ2n) is 10.7. The summed E-state index contributed by atoms with van der Waals surface area (Å²) in [6, 6.07) is 12.8. The number of hydrogen-bond acceptors (Lipinski definition) is 6. The van der Waals surface area contributed by atoms with Gasteiger partial charge in [-0.2, -0.15) is 18.3 Å². The molecule has 13 heteroatoms. The quantitative estimate of drug-likeness (QED) is 0.313. The second-order valence-corrected chi connectivity index (χ2v) is 10.7. The average Bonchev–Trinajstić information content (AvgIpc) is 3.39. The van der Waals surface area contributed by atoms with E-state index in [2.05, 4.69) is 10.00 Å². The van der Waals surface area contributed by atoms with Gasteiger partial charge in [0.25, 0.3) is 5.56 Å². The van der Waals surface area contributed by atoms with E-state index in [0.29, 0.717) is 38.3 Å². The number of nitrogens with zero attached hydrogens (tertiary/aromatic N) is 6. The van der Waals surface area contributed by atoms with E-state index in [1.165, 1.54) is 6.92 Å². The van der Waals surface area contributed by atoms with E-state index in [9.17, 15) is 27.2 Å². The molecule has 3 heterocycles. The van der Waals surface area contributed by atoms with Gasteiger partial charge in [-0.1, -0.05) is 36.4 Å². The molecule has 0 spiro atoms. The molecule has 4 aromatic rings. The first kappa shape index (κ1) is 30.2. The highest BCUT2D eigenvalue weighted by molar-refractivity contribution is 5.50. The third-order valence-electron chi connectivity index (χ3n) is 7.85. The van der Waals surface area contributed by atoms with Crippen LogP contribution in [0, 0.1) is 12.7 Å². The van der Waals surface area contributed by atoms with E-state index in [1.807, 2.05) is 24.2 Å². The minimum atomic E-state index is -4.84.